The third-order valence-electron chi connectivity index (χ3n) is 1.25. The molecule has 58 valence electrons. The minimum absolute atomic E-state index is 0.431. The van der Waals surface area contributed by atoms with Crippen LogP contribution >= 0.6 is 0 Å². The fraction of sp³-hybridized carbons (Fsp3) is 0.667. The Morgan fingerprint density at radius 2 is 2.20 bits per heavy atom. The van der Waals surface area contributed by atoms with Crippen LogP contribution in [0.2, 0.25) is 0 Å². The fourth-order valence-electron chi connectivity index (χ4n) is 0.623. The van der Waals surface area contributed by atoms with Crippen LogP contribution in [-0.4, -0.2) is 30.9 Å². The van der Waals surface area contributed by atoms with Gasteiger partial charge in [-0.3, -0.25) is 0 Å². The second kappa shape index (κ2) is 5.47. The van der Waals surface area contributed by atoms with E-state index >= 15 is 0 Å². The Morgan fingerprint density at radius 1 is 1.60 bits per heavy atom. The number of rotatable bonds is 4. The van der Waals surface area contributed by atoms with Crippen molar-refractivity contribution in [3.05, 3.63) is 11.5 Å². The summed E-state index contributed by atoms with van der Waals surface area (Å²) in [6, 6.07) is 0. The molecule has 10 heavy (non-hydrogen) atoms. The van der Waals surface area contributed by atoms with E-state index in [0.717, 1.165) is 0 Å². The molecule has 0 radical (unpaired) electrons. The molecule has 0 aliphatic carbocycles. The lowest BCUT2D eigenvalue weighted by Crippen LogP contribution is -2.15. The van der Waals surface area contributed by atoms with Crippen LogP contribution in [-0.2, 0) is 4.74 Å². The maximum atomic E-state index is 8.67. The van der Waals surface area contributed by atoms with Gasteiger partial charge in [0.1, 0.15) is 0 Å². The summed E-state index contributed by atoms with van der Waals surface area (Å²) in [5.74, 6) is 0. The second-order valence-corrected chi connectivity index (χ2v) is 1.96. The Labute approximate surface area is 61.5 Å². The van der Waals surface area contributed by atoms with Gasteiger partial charge >= 0.3 is 7.12 Å². The molecule has 0 saturated carbocycles. The third-order valence-corrected chi connectivity index (χ3v) is 1.25. The number of ether oxygens (including phenoxy) is 1. The first kappa shape index (κ1) is 9.68. The normalized spacial score (nSPS) is 11.8. The SMILES string of the molecule is CC/C(=C\COC)B(O)O. The summed E-state index contributed by atoms with van der Waals surface area (Å²) in [6.45, 7) is 2.29. The van der Waals surface area contributed by atoms with Gasteiger partial charge in [0.05, 0.1) is 6.61 Å². The Balaban J connectivity index is 3.79. The first-order chi connectivity index (χ1) is 4.72. The van der Waals surface area contributed by atoms with Crippen LogP contribution < -0.4 is 0 Å². The summed E-state index contributed by atoms with van der Waals surface area (Å²) in [5, 5.41) is 17.3. The van der Waals surface area contributed by atoms with Crippen LogP contribution in [0.15, 0.2) is 11.5 Å². The standard InChI is InChI=1S/C6H13BO3/c1-3-6(7(8)9)4-5-10-2/h4,8-9H,3,5H2,1-2H3/b6-4+. The van der Waals surface area contributed by atoms with Gasteiger partial charge in [0, 0.05) is 7.11 Å². The highest BCUT2D eigenvalue weighted by atomic mass is 16.5. The highest BCUT2D eigenvalue weighted by Crippen LogP contribution is 2.00. The van der Waals surface area contributed by atoms with E-state index in [1.54, 1.807) is 13.2 Å². The smallest absolute Gasteiger partial charge is 0.423 e. The Hall–Kier alpha value is -0.315. The molecule has 0 saturated heterocycles. The number of methoxy groups -OCH3 is 1. The van der Waals surface area contributed by atoms with Crippen LogP contribution in [0, 0.1) is 0 Å². The van der Waals surface area contributed by atoms with Crippen molar-refractivity contribution in [3.63, 3.8) is 0 Å². The predicted molar refractivity (Wildman–Crippen MR) is 40.4 cm³/mol. The molecule has 0 spiro atoms. The van der Waals surface area contributed by atoms with Crippen molar-refractivity contribution in [2.75, 3.05) is 13.7 Å². The third kappa shape index (κ3) is 3.66. The van der Waals surface area contributed by atoms with Gasteiger partial charge in [0.2, 0.25) is 0 Å². The molecule has 0 aliphatic heterocycles. The molecule has 0 unspecified atom stereocenters. The molecule has 0 rings (SSSR count). The van der Waals surface area contributed by atoms with Crippen molar-refractivity contribution in [1.29, 1.82) is 0 Å². The van der Waals surface area contributed by atoms with Crippen molar-refractivity contribution >= 4 is 7.12 Å². The first-order valence-electron chi connectivity index (χ1n) is 3.26. The van der Waals surface area contributed by atoms with Gasteiger partial charge in [-0.05, 0) is 11.9 Å². The minimum atomic E-state index is -1.33. The molecule has 0 heterocycles. The van der Waals surface area contributed by atoms with Gasteiger partial charge in [0.25, 0.3) is 0 Å². The Bertz CT molecular complexity index is 112. The zero-order valence-corrected chi connectivity index (χ0v) is 6.37. The van der Waals surface area contributed by atoms with Crippen LogP contribution in [0.4, 0.5) is 0 Å². The maximum Gasteiger partial charge on any atom is 0.483 e. The molecule has 0 aromatic heterocycles. The Kier molecular flexibility index (Phi) is 5.30. The molecule has 0 amide bonds. The summed E-state index contributed by atoms with van der Waals surface area (Å²) >= 11 is 0. The highest BCUT2D eigenvalue weighted by Gasteiger charge is 2.10. The van der Waals surface area contributed by atoms with Crippen LogP contribution in [0.5, 0.6) is 0 Å². The average molecular weight is 144 g/mol. The van der Waals surface area contributed by atoms with Gasteiger partial charge in [-0.1, -0.05) is 13.0 Å². The van der Waals surface area contributed by atoms with Gasteiger partial charge in [0.15, 0.2) is 0 Å². The van der Waals surface area contributed by atoms with Crippen LogP contribution in [0.3, 0.4) is 0 Å². The number of allylic oxidation sites excluding steroid dienone is 1. The van der Waals surface area contributed by atoms with E-state index in [-0.39, 0.29) is 0 Å². The largest absolute Gasteiger partial charge is 0.483 e. The lowest BCUT2D eigenvalue weighted by Gasteiger charge is -2.00. The van der Waals surface area contributed by atoms with E-state index < -0.39 is 7.12 Å². The van der Waals surface area contributed by atoms with Crippen LogP contribution in [0.25, 0.3) is 0 Å². The number of hydrogen-bond acceptors (Lipinski definition) is 3. The lowest BCUT2D eigenvalue weighted by molar-refractivity contribution is 0.233. The minimum Gasteiger partial charge on any atom is -0.423 e. The maximum absolute atomic E-state index is 8.67. The van der Waals surface area contributed by atoms with Gasteiger partial charge in [-0.15, -0.1) is 0 Å². The van der Waals surface area contributed by atoms with E-state index in [0.29, 0.717) is 18.5 Å². The molecule has 0 aromatic carbocycles. The predicted octanol–water partition coefficient (Wildman–Crippen LogP) is -0.0188. The summed E-state index contributed by atoms with van der Waals surface area (Å²) < 4.78 is 4.73. The quantitative estimate of drug-likeness (QED) is 0.545. The monoisotopic (exact) mass is 144 g/mol. The molecule has 0 fully saturated rings. The highest BCUT2D eigenvalue weighted by molar-refractivity contribution is 6.50. The van der Waals surface area contributed by atoms with Crippen molar-refractivity contribution in [2.24, 2.45) is 0 Å². The fourth-order valence-corrected chi connectivity index (χ4v) is 0.623. The molecule has 0 aliphatic rings. The topological polar surface area (TPSA) is 49.7 Å². The van der Waals surface area contributed by atoms with Crippen molar-refractivity contribution < 1.29 is 14.8 Å². The first-order valence-corrected chi connectivity index (χ1v) is 3.26. The van der Waals surface area contributed by atoms with Gasteiger partial charge in [-0.2, -0.15) is 0 Å². The van der Waals surface area contributed by atoms with E-state index in [4.69, 9.17) is 14.8 Å². The van der Waals surface area contributed by atoms with Gasteiger partial charge < -0.3 is 14.8 Å². The summed E-state index contributed by atoms with van der Waals surface area (Å²) in [7, 11) is 0.230. The van der Waals surface area contributed by atoms with Crippen LogP contribution in [0.1, 0.15) is 13.3 Å². The molecular weight excluding hydrogens is 131 g/mol. The zero-order valence-electron chi connectivity index (χ0n) is 6.37. The average Bonchev–Trinajstić information content (AvgIpc) is 1.89. The Morgan fingerprint density at radius 3 is 2.50 bits per heavy atom. The van der Waals surface area contributed by atoms with Crippen molar-refractivity contribution in [1.82, 2.24) is 0 Å². The summed E-state index contributed by atoms with van der Waals surface area (Å²) in [6.07, 6.45) is 2.31. The van der Waals surface area contributed by atoms with E-state index in [1.165, 1.54) is 0 Å². The zero-order chi connectivity index (χ0) is 7.98. The molecule has 2 N–H and O–H groups in total. The van der Waals surface area contributed by atoms with E-state index in [1.807, 2.05) is 6.92 Å². The summed E-state index contributed by atoms with van der Waals surface area (Å²) in [4.78, 5) is 0. The van der Waals surface area contributed by atoms with E-state index in [2.05, 4.69) is 0 Å². The lowest BCUT2D eigenvalue weighted by atomic mass is 9.77. The van der Waals surface area contributed by atoms with Crippen molar-refractivity contribution in [2.45, 2.75) is 13.3 Å². The molecule has 0 atom stereocenters. The van der Waals surface area contributed by atoms with E-state index in [9.17, 15) is 0 Å². The van der Waals surface area contributed by atoms with Gasteiger partial charge in [-0.25, -0.2) is 0 Å². The molecule has 0 aromatic rings. The molecule has 4 heteroatoms. The molecular formula is C6H13BO3. The molecule has 3 nitrogen and oxygen atoms in total. The second-order valence-electron chi connectivity index (χ2n) is 1.96. The van der Waals surface area contributed by atoms with Crippen molar-refractivity contribution in [3.8, 4) is 0 Å². The molecule has 0 bridgehead atoms. The number of hydrogen-bond donors (Lipinski definition) is 2. The summed E-state index contributed by atoms with van der Waals surface area (Å²) in [5.41, 5.74) is 0.599.